The molecule has 3 nitrogen and oxygen atoms in total. The first kappa shape index (κ1) is 11.3. The summed E-state index contributed by atoms with van der Waals surface area (Å²) in [4.78, 5) is 17.4. The van der Waals surface area contributed by atoms with Crippen LogP contribution in [0.15, 0.2) is 33.1 Å². The first-order valence-electron chi connectivity index (χ1n) is 4.90. The van der Waals surface area contributed by atoms with Gasteiger partial charge in [0.1, 0.15) is 4.60 Å². The average molecular weight is 327 g/mol. The van der Waals surface area contributed by atoms with Crippen LogP contribution in [0.25, 0.3) is 0 Å². The van der Waals surface area contributed by atoms with Gasteiger partial charge < -0.3 is 5.32 Å². The van der Waals surface area contributed by atoms with Crippen LogP contribution < -0.4 is 5.32 Å². The molecule has 86 valence electrons. The Bertz CT molecular complexity index is 597. The molecule has 0 saturated carbocycles. The van der Waals surface area contributed by atoms with Crippen LogP contribution in [0.1, 0.15) is 15.4 Å². The number of halogens is 1. The van der Waals surface area contributed by atoms with E-state index in [0.717, 1.165) is 16.5 Å². The van der Waals surface area contributed by atoms with Crippen LogP contribution in [0.5, 0.6) is 0 Å². The molecule has 0 fully saturated rings. The van der Waals surface area contributed by atoms with Crippen LogP contribution in [-0.2, 0) is 0 Å². The van der Waals surface area contributed by atoms with Gasteiger partial charge in [0, 0.05) is 21.5 Å². The maximum absolute atomic E-state index is 12.2. The fourth-order valence-electron chi connectivity index (χ4n) is 1.60. The van der Waals surface area contributed by atoms with E-state index in [1.54, 1.807) is 11.8 Å². The molecule has 0 atom stereocenters. The van der Waals surface area contributed by atoms with Gasteiger partial charge in [-0.05, 0) is 34.1 Å². The molecule has 1 aromatic heterocycles. The average Bonchev–Trinajstić information content (AvgIpc) is 2.95. The molecular formula is C11H7BrN2OS2. The smallest absolute Gasteiger partial charge is 0.221 e. The molecule has 0 amide bonds. The summed E-state index contributed by atoms with van der Waals surface area (Å²) < 4.78 is 0.711. The highest BCUT2D eigenvalue weighted by atomic mass is 79.9. The van der Waals surface area contributed by atoms with E-state index in [9.17, 15) is 4.79 Å². The number of fused-ring (bicyclic) bond motifs is 1. The minimum atomic E-state index is -0.0176. The Labute approximate surface area is 115 Å². The van der Waals surface area contributed by atoms with E-state index in [1.807, 2.05) is 23.6 Å². The van der Waals surface area contributed by atoms with Crippen molar-refractivity contribution in [1.82, 2.24) is 4.98 Å². The van der Waals surface area contributed by atoms with Crippen LogP contribution >= 0.6 is 39.0 Å². The Hall–Kier alpha value is -0.850. The van der Waals surface area contributed by atoms with Crippen molar-refractivity contribution >= 4 is 50.5 Å². The Morgan fingerprint density at radius 1 is 1.47 bits per heavy atom. The van der Waals surface area contributed by atoms with Gasteiger partial charge in [-0.25, -0.2) is 4.98 Å². The minimum absolute atomic E-state index is 0.0176. The molecule has 0 aliphatic carbocycles. The number of thiazole rings is 1. The molecule has 0 spiro atoms. The van der Waals surface area contributed by atoms with Crippen molar-refractivity contribution in [3.63, 3.8) is 0 Å². The van der Waals surface area contributed by atoms with Gasteiger partial charge in [0.15, 0.2) is 5.01 Å². The standard InChI is InChI=1S/C11H7BrN2OS2/c12-9-4-16-11(14-9)10(15)6-1-2-7-8(3-6)17-5-13-7/h1-4,13H,5H2. The molecule has 0 bridgehead atoms. The second kappa shape index (κ2) is 4.44. The number of nitrogens with zero attached hydrogens (tertiary/aromatic N) is 1. The predicted molar refractivity (Wildman–Crippen MR) is 74.0 cm³/mol. The van der Waals surface area contributed by atoms with Crippen molar-refractivity contribution in [2.45, 2.75) is 4.90 Å². The van der Waals surface area contributed by atoms with E-state index in [2.05, 4.69) is 26.2 Å². The van der Waals surface area contributed by atoms with Crippen LogP contribution in [0, 0.1) is 0 Å². The molecule has 3 rings (SSSR count). The minimum Gasteiger partial charge on any atom is -0.375 e. The zero-order valence-corrected chi connectivity index (χ0v) is 11.8. The zero-order valence-electron chi connectivity index (χ0n) is 8.57. The zero-order chi connectivity index (χ0) is 11.8. The highest BCUT2D eigenvalue weighted by molar-refractivity contribution is 9.10. The van der Waals surface area contributed by atoms with E-state index in [4.69, 9.17) is 0 Å². The number of carbonyl (C=O) groups is 1. The van der Waals surface area contributed by atoms with Gasteiger partial charge in [0.05, 0.1) is 5.88 Å². The third kappa shape index (κ3) is 2.12. The normalized spacial score (nSPS) is 13.2. The lowest BCUT2D eigenvalue weighted by Crippen LogP contribution is -2.00. The van der Waals surface area contributed by atoms with Gasteiger partial charge in [-0.1, -0.05) is 0 Å². The summed E-state index contributed by atoms with van der Waals surface area (Å²) in [5, 5.41) is 5.58. The number of anilines is 1. The number of nitrogens with one attached hydrogen (secondary N) is 1. The van der Waals surface area contributed by atoms with Crippen molar-refractivity contribution in [3.05, 3.63) is 38.8 Å². The van der Waals surface area contributed by atoms with Crippen LogP contribution in [0.2, 0.25) is 0 Å². The first-order valence-corrected chi connectivity index (χ1v) is 7.56. The maximum atomic E-state index is 12.2. The topological polar surface area (TPSA) is 42.0 Å². The Morgan fingerprint density at radius 3 is 3.12 bits per heavy atom. The lowest BCUT2D eigenvalue weighted by Gasteiger charge is -2.01. The van der Waals surface area contributed by atoms with Crippen molar-refractivity contribution in [2.75, 3.05) is 11.2 Å². The summed E-state index contributed by atoms with van der Waals surface area (Å²) in [6.07, 6.45) is 0. The second-order valence-corrected chi connectivity index (χ2v) is 6.17. The van der Waals surface area contributed by atoms with E-state index in [-0.39, 0.29) is 5.78 Å². The van der Waals surface area contributed by atoms with E-state index in [0.29, 0.717) is 15.2 Å². The predicted octanol–water partition coefficient (Wildman–Crippen LogP) is 3.61. The molecule has 6 heteroatoms. The number of benzene rings is 1. The molecule has 2 aromatic rings. The van der Waals surface area contributed by atoms with Crippen molar-refractivity contribution < 1.29 is 4.79 Å². The molecular weight excluding hydrogens is 320 g/mol. The van der Waals surface area contributed by atoms with E-state index in [1.165, 1.54) is 11.3 Å². The summed E-state index contributed by atoms with van der Waals surface area (Å²) >= 11 is 6.32. The SMILES string of the molecule is O=C(c1ccc2c(c1)SCN2)c1nc(Br)cs1. The quantitative estimate of drug-likeness (QED) is 0.856. The summed E-state index contributed by atoms with van der Waals surface area (Å²) in [5.74, 6) is 0.853. The molecule has 17 heavy (non-hydrogen) atoms. The summed E-state index contributed by atoms with van der Waals surface area (Å²) in [6, 6.07) is 5.72. The molecule has 2 heterocycles. The van der Waals surface area contributed by atoms with Gasteiger partial charge in [-0.15, -0.1) is 23.1 Å². The third-order valence-corrected chi connectivity index (χ3v) is 4.89. The highest BCUT2D eigenvalue weighted by Crippen LogP contribution is 2.34. The summed E-state index contributed by atoms with van der Waals surface area (Å²) in [7, 11) is 0. The second-order valence-electron chi connectivity index (χ2n) is 3.48. The van der Waals surface area contributed by atoms with E-state index < -0.39 is 0 Å². The summed E-state index contributed by atoms with van der Waals surface area (Å²) in [5.41, 5.74) is 1.80. The number of rotatable bonds is 2. The molecule has 1 N–H and O–H groups in total. The van der Waals surface area contributed by atoms with Gasteiger partial charge >= 0.3 is 0 Å². The van der Waals surface area contributed by atoms with Crippen molar-refractivity contribution in [2.24, 2.45) is 0 Å². The van der Waals surface area contributed by atoms with Crippen molar-refractivity contribution in [1.29, 1.82) is 0 Å². The highest BCUT2D eigenvalue weighted by Gasteiger charge is 2.17. The van der Waals surface area contributed by atoms with Crippen LogP contribution in [0.4, 0.5) is 5.69 Å². The van der Waals surface area contributed by atoms with Crippen LogP contribution in [-0.4, -0.2) is 16.6 Å². The Balaban J connectivity index is 1.97. The lowest BCUT2D eigenvalue weighted by atomic mass is 10.1. The number of hydrogen-bond donors (Lipinski definition) is 1. The number of thioether (sulfide) groups is 1. The molecule has 1 aromatic carbocycles. The monoisotopic (exact) mass is 326 g/mol. The fourth-order valence-corrected chi connectivity index (χ4v) is 3.70. The van der Waals surface area contributed by atoms with E-state index >= 15 is 0 Å². The van der Waals surface area contributed by atoms with Gasteiger partial charge in [-0.3, -0.25) is 4.79 Å². The number of ketones is 1. The number of hydrogen-bond acceptors (Lipinski definition) is 5. The van der Waals surface area contributed by atoms with Gasteiger partial charge in [-0.2, -0.15) is 0 Å². The largest absolute Gasteiger partial charge is 0.375 e. The number of carbonyl (C=O) groups excluding carboxylic acids is 1. The number of aromatic nitrogens is 1. The molecule has 0 radical (unpaired) electrons. The maximum Gasteiger partial charge on any atom is 0.221 e. The Kier molecular flexibility index (Phi) is 2.94. The summed E-state index contributed by atoms with van der Waals surface area (Å²) in [6.45, 7) is 0. The third-order valence-electron chi connectivity index (χ3n) is 2.40. The molecule has 0 saturated heterocycles. The van der Waals surface area contributed by atoms with Gasteiger partial charge in [0.25, 0.3) is 0 Å². The lowest BCUT2D eigenvalue weighted by molar-refractivity contribution is 0.103. The fraction of sp³-hybridized carbons (Fsp3) is 0.0909. The molecule has 0 unspecified atom stereocenters. The van der Waals surface area contributed by atoms with Crippen molar-refractivity contribution in [3.8, 4) is 0 Å². The van der Waals surface area contributed by atoms with Crippen LogP contribution in [0.3, 0.4) is 0 Å². The Morgan fingerprint density at radius 2 is 2.35 bits per heavy atom. The van der Waals surface area contributed by atoms with Gasteiger partial charge in [0.2, 0.25) is 5.78 Å². The first-order chi connectivity index (χ1) is 8.24. The molecule has 1 aliphatic heterocycles. The molecule has 1 aliphatic rings.